The van der Waals surface area contributed by atoms with Crippen molar-refractivity contribution in [2.45, 2.75) is 32.3 Å². The van der Waals surface area contributed by atoms with Crippen molar-refractivity contribution in [3.63, 3.8) is 0 Å². The van der Waals surface area contributed by atoms with Gasteiger partial charge in [0.2, 0.25) is 0 Å². The van der Waals surface area contributed by atoms with Crippen LogP contribution >= 0.6 is 0 Å². The van der Waals surface area contributed by atoms with E-state index in [4.69, 9.17) is 18.9 Å². The van der Waals surface area contributed by atoms with E-state index in [0.717, 1.165) is 5.57 Å². The van der Waals surface area contributed by atoms with Gasteiger partial charge in [-0.15, -0.1) is 0 Å². The Bertz CT molecular complexity index is 1000. The first-order valence-corrected chi connectivity index (χ1v) is 9.52. The molecule has 0 spiro atoms. The molecule has 2 aliphatic heterocycles. The number of ketones is 1. The van der Waals surface area contributed by atoms with Crippen LogP contribution in [-0.4, -0.2) is 37.8 Å². The maximum absolute atomic E-state index is 13.5. The average Bonchev–Trinajstić information content (AvgIpc) is 2.71. The van der Waals surface area contributed by atoms with E-state index in [0.29, 0.717) is 46.1 Å². The summed E-state index contributed by atoms with van der Waals surface area (Å²) in [7, 11) is 3.11. The van der Waals surface area contributed by atoms with Crippen LogP contribution < -0.4 is 18.9 Å². The van der Waals surface area contributed by atoms with Crippen LogP contribution in [0.5, 0.6) is 28.7 Å². The van der Waals surface area contributed by atoms with E-state index in [9.17, 15) is 9.90 Å². The quantitative estimate of drug-likeness (QED) is 0.787. The Kier molecular flexibility index (Phi) is 4.86. The number of hydrogen-bond donors (Lipinski definition) is 1. The summed E-state index contributed by atoms with van der Waals surface area (Å²) in [5.41, 5.74) is 2.93. The van der Waals surface area contributed by atoms with Gasteiger partial charge in [0.15, 0.2) is 17.3 Å². The summed E-state index contributed by atoms with van der Waals surface area (Å²) >= 11 is 0. The molecule has 0 aliphatic carbocycles. The second-order valence-corrected chi connectivity index (χ2v) is 7.48. The normalized spacial score (nSPS) is 19.1. The molecule has 1 unspecified atom stereocenters. The smallest absolute Gasteiger partial charge is 0.178 e. The van der Waals surface area contributed by atoms with Crippen LogP contribution in [0.3, 0.4) is 0 Å². The van der Waals surface area contributed by atoms with Crippen molar-refractivity contribution in [2.75, 3.05) is 20.8 Å². The molecule has 2 aromatic rings. The van der Waals surface area contributed by atoms with Gasteiger partial charge in [-0.3, -0.25) is 4.79 Å². The molecule has 2 heterocycles. The summed E-state index contributed by atoms with van der Waals surface area (Å²) in [4.78, 5) is 13.5. The Morgan fingerprint density at radius 3 is 2.62 bits per heavy atom. The van der Waals surface area contributed by atoms with E-state index >= 15 is 0 Å². The number of aromatic hydroxyl groups is 1. The number of carbonyl (C=O) groups excluding carboxylic acids is 1. The average molecular weight is 396 g/mol. The van der Waals surface area contributed by atoms with Crippen molar-refractivity contribution in [1.29, 1.82) is 0 Å². The van der Waals surface area contributed by atoms with Crippen LogP contribution in [0, 0.1) is 0 Å². The summed E-state index contributed by atoms with van der Waals surface area (Å²) in [5, 5.41) is 10.4. The van der Waals surface area contributed by atoms with Crippen molar-refractivity contribution in [1.82, 2.24) is 0 Å². The van der Waals surface area contributed by atoms with E-state index < -0.39 is 12.0 Å². The lowest BCUT2D eigenvalue weighted by Gasteiger charge is -2.38. The van der Waals surface area contributed by atoms with Gasteiger partial charge in [-0.05, 0) is 38.5 Å². The number of rotatable bonds is 4. The van der Waals surface area contributed by atoms with E-state index in [2.05, 4.69) is 0 Å². The zero-order valence-electron chi connectivity index (χ0n) is 16.9. The fraction of sp³-hybridized carbons (Fsp3) is 0.348. The number of allylic oxidation sites excluding steroid dienone is 2. The molecule has 0 fully saturated rings. The predicted molar refractivity (Wildman–Crippen MR) is 108 cm³/mol. The molecule has 152 valence electrons. The van der Waals surface area contributed by atoms with Crippen LogP contribution in [0.4, 0.5) is 0 Å². The molecule has 2 aromatic carbocycles. The number of phenols is 1. The monoisotopic (exact) mass is 396 g/mol. The molecule has 0 saturated carbocycles. The summed E-state index contributed by atoms with van der Waals surface area (Å²) < 4.78 is 22.9. The van der Waals surface area contributed by atoms with Gasteiger partial charge in [0.1, 0.15) is 30.0 Å². The number of hydrogen-bond acceptors (Lipinski definition) is 6. The third kappa shape index (κ3) is 3.18. The Morgan fingerprint density at radius 2 is 1.93 bits per heavy atom. The fourth-order valence-corrected chi connectivity index (χ4v) is 3.89. The fourth-order valence-electron chi connectivity index (χ4n) is 3.89. The predicted octanol–water partition coefficient (Wildman–Crippen LogP) is 4.04. The number of fused-ring (bicyclic) bond motifs is 4. The topological polar surface area (TPSA) is 74.2 Å². The van der Waals surface area contributed by atoms with Gasteiger partial charge in [0.05, 0.1) is 25.7 Å². The SMILES string of the molecule is COc1cc2c(cc1OC)[C@@H]1C(=O)c3ccc(O)c(CC=C(C)C)c3OC1CO2. The summed E-state index contributed by atoms with van der Waals surface area (Å²) in [6, 6.07) is 6.71. The Morgan fingerprint density at radius 1 is 1.21 bits per heavy atom. The zero-order chi connectivity index (χ0) is 20.7. The minimum absolute atomic E-state index is 0.0496. The van der Waals surface area contributed by atoms with Gasteiger partial charge in [-0.2, -0.15) is 0 Å². The number of carbonyl (C=O) groups is 1. The van der Waals surface area contributed by atoms with Gasteiger partial charge in [0.25, 0.3) is 0 Å². The first-order valence-electron chi connectivity index (χ1n) is 9.52. The number of ether oxygens (including phenoxy) is 4. The highest BCUT2D eigenvalue weighted by atomic mass is 16.5. The maximum Gasteiger partial charge on any atom is 0.178 e. The Hall–Kier alpha value is -3.15. The van der Waals surface area contributed by atoms with Gasteiger partial charge in [-0.25, -0.2) is 0 Å². The second kappa shape index (κ2) is 7.35. The summed E-state index contributed by atoms with van der Waals surface area (Å²) in [5.74, 6) is 1.68. The van der Waals surface area contributed by atoms with Crippen LogP contribution in [0.15, 0.2) is 35.9 Å². The number of benzene rings is 2. The van der Waals surface area contributed by atoms with Crippen molar-refractivity contribution in [2.24, 2.45) is 0 Å². The maximum atomic E-state index is 13.5. The van der Waals surface area contributed by atoms with Crippen molar-refractivity contribution in [3.05, 3.63) is 52.6 Å². The summed E-state index contributed by atoms with van der Waals surface area (Å²) in [6.45, 7) is 4.21. The van der Waals surface area contributed by atoms with Crippen LogP contribution in [0.2, 0.25) is 0 Å². The van der Waals surface area contributed by atoms with E-state index in [1.807, 2.05) is 19.9 Å². The Balaban J connectivity index is 1.80. The molecular formula is C23H24O6. The van der Waals surface area contributed by atoms with Crippen molar-refractivity contribution in [3.8, 4) is 28.7 Å². The van der Waals surface area contributed by atoms with Crippen LogP contribution in [0.25, 0.3) is 0 Å². The molecule has 4 rings (SSSR count). The highest BCUT2D eigenvalue weighted by Gasteiger charge is 2.44. The number of methoxy groups -OCH3 is 2. The molecule has 6 heteroatoms. The van der Waals surface area contributed by atoms with Gasteiger partial charge in [0, 0.05) is 17.2 Å². The number of Topliss-reactive ketones (excluding diaryl/α,β-unsaturated/α-hetero) is 1. The molecule has 1 N–H and O–H groups in total. The lowest BCUT2D eigenvalue weighted by atomic mass is 9.81. The molecule has 0 radical (unpaired) electrons. The molecule has 29 heavy (non-hydrogen) atoms. The zero-order valence-corrected chi connectivity index (χ0v) is 16.9. The van der Waals surface area contributed by atoms with E-state index in [-0.39, 0.29) is 18.1 Å². The Labute approximate surface area is 169 Å². The standard InChI is InChI=1S/C23H24O6/c1-12(2)5-6-13-16(24)8-7-14-22(25)21-15-9-18(26-3)19(27-4)10-17(15)28-11-20(21)29-23(13)14/h5,7-10,20-21,24H,6,11H2,1-4H3/t20?,21-/m0/s1. The van der Waals surface area contributed by atoms with Crippen molar-refractivity contribution < 1.29 is 28.8 Å². The first-order chi connectivity index (χ1) is 13.9. The second-order valence-electron chi connectivity index (χ2n) is 7.48. The largest absolute Gasteiger partial charge is 0.508 e. The lowest BCUT2D eigenvalue weighted by molar-refractivity contribution is 0.0553. The van der Waals surface area contributed by atoms with Gasteiger partial charge in [-0.1, -0.05) is 11.6 Å². The first kappa shape index (κ1) is 19.2. The lowest BCUT2D eigenvalue weighted by Crippen LogP contribution is -2.43. The molecule has 0 amide bonds. The molecule has 0 saturated heterocycles. The molecule has 6 nitrogen and oxygen atoms in total. The molecule has 2 atom stereocenters. The number of phenolic OH excluding ortho intramolecular Hbond substituents is 1. The van der Waals surface area contributed by atoms with Crippen molar-refractivity contribution >= 4 is 5.78 Å². The highest BCUT2D eigenvalue weighted by Crippen LogP contribution is 2.48. The minimum Gasteiger partial charge on any atom is -0.508 e. The minimum atomic E-state index is -0.507. The summed E-state index contributed by atoms with van der Waals surface area (Å²) in [6.07, 6.45) is 2.01. The van der Waals surface area contributed by atoms with Crippen LogP contribution in [-0.2, 0) is 6.42 Å². The molecule has 2 aliphatic rings. The van der Waals surface area contributed by atoms with E-state index in [1.165, 1.54) is 0 Å². The molecule has 0 bridgehead atoms. The van der Waals surface area contributed by atoms with Gasteiger partial charge < -0.3 is 24.1 Å². The highest BCUT2D eigenvalue weighted by molar-refractivity contribution is 6.05. The van der Waals surface area contributed by atoms with E-state index in [1.54, 1.807) is 38.5 Å². The molecular weight excluding hydrogens is 372 g/mol. The third-order valence-corrected chi connectivity index (χ3v) is 5.39. The van der Waals surface area contributed by atoms with Gasteiger partial charge >= 0.3 is 0 Å². The third-order valence-electron chi connectivity index (χ3n) is 5.39. The molecule has 0 aromatic heterocycles. The van der Waals surface area contributed by atoms with Crippen LogP contribution in [0.1, 0.15) is 41.3 Å².